The number of para-hydroxylation sites is 1. The minimum Gasteiger partial charge on any atom is -0.482 e. The number of ether oxygens (including phenoxy) is 1. The minimum absolute atomic E-state index is 0.262. The second-order valence-electron chi connectivity index (χ2n) is 5.86. The van der Waals surface area contributed by atoms with Crippen LogP contribution in [-0.4, -0.2) is 29.4 Å². The van der Waals surface area contributed by atoms with Crippen LogP contribution in [0.15, 0.2) is 54.1 Å². The predicted octanol–water partition coefficient (Wildman–Crippen LogP) is 3.78. The fraction of sp³-hybridized carbons (Fsp3) is 0.150. The third-order valence-corrected chi connectivity index (χ3v) is 3.66. The van der Waals surface area contributed by atoms with Crippen LogP contribution >= 0.6 is 0 Å². The van der Waals surface area contributed by atoms with Gasteiger partial charge < -0.3 is 15.2 Å². The summed E-state index contributed by atoms with van der Waals surface area (Å²) in [6.07, 6.45) is -3.45. The van der Waals surface area contributed by atoms with Crippen LogP contribution in [0.2, 0.25) is 0 Å². The zero-order chi connectivity index (χ0) is 21.6. The molecule has 29 heavy (non-hydrogen) atoms. The molecular weight excluding hydrogens is 391 g/mol. The molecular formula is C20H16F3NO5. The van der Waals surface area contributed by atoms with Gasteiger partial charge in [-0.2, -0.15) is 13.2 Å². The van der Waals surface area contributed by atoms with Crippen LogP contribution in [0.1, 0.15) is 18.1 Å². The lowest BCUT2D eigenvalue weighted by Gasteiger charge is -2.14. The Morgan fingerprint density at radius 2 is 1.69 bits per heavy atom. The number of carbonyl (C=O) groups is 3. The van der Waals surface area contributed by atoms with E-state index in [0.717, 1.165) is 19.1 Å². The van der Waals surface area contributed by atoms with E-state index in [1.54, 1.807) is 0 Å². The van der Waals surface area contributed by atoms with E-state index in [1.165, 1.54) is 42.5 Å². The first-order valence-electron chi connectivity index (χ1n) is 8.23. The summed E-state index contributed by atoms with van der Waals surface area (Å²) in [4.78, 5) is 34.8. The number of alkyl halides is 3. The van der Waals surface area contributed by atoms with Crippen LogP contribution in [0.3, 0.4) is 0 Å². The number of aliphatic carboxylic acids is 1. The Labute approximate surface area is 163 Å². The van der Waals surface area contributed by atoms with E-state index >= 15 is 0 Å². The maximum Gasteiger partial charge on any atom is 0.418 e. The number of carboxylic acids is 1. The summed E-state index contributed by atoms with van der Waals surface area (Å²) in [5.74, 6) is -2.51. The number of hydrogen-bond donors (Lipinski definition) is 2. The normalized spacial score (nSPS) is 11.7. The highest BCUT2D eigenvalue weighted by molar-refractivity contribution is 6.25. The lowest BCUT2D eigenvalue weighted by atomic mass is 10.1. The van der Waals surface area contributed by atoms with Crippen LogP contribution in [-0.2, 0) is 20.6 Å². The van der Waals surface area contributed by atoms with Gasteiger partial charge in [0.2, 0.25) is 0 Å². The molecule has 0 saturated heterocycles. The number of benzene rings is 2. The van der Waals surface area contributed by atoms with E-state index in [2.05, 4.69) is 5.32 Å². The standard InChI is InChI=1S/C20H16F3NO5/c1-12(25)15(10-13-6-8-14(9-7-13)29-11-18(26)27)19(28)24-17-5-3-2-4-16(17)20(21,22)23/h2-10H,11H2,1H3,(H,24,28)(H,26,27)/b15-10+. The third kappa shape index (κ3) is 6.20. The summed E-state index contributed by atoms with van der Waals surface area (Å²) in [6, 6.07) is 10.2. The molecule has 2 N–H and O–H groups in total. The summed E-state index contributed by atoms with van der Waals surface area (Å²) in [7, 11) is 0. The van der Waals surface area contributed by atoms with Gasteiger partial charge in [-0.05, 0) is 42.8 Å². The Hall–Kier alpha value is -3.62. The molecule has 2 aromatic carbocycles. The molecule has 0 unspecified atom stereocenters. The van der Waals surface area contributed by atoms with Crippen LogP contribution in [0.25, 0.3) is 6.08 Å². The first-order valence-corrected chi connectivity index (χ1v) is 8.23. The lowest BCUT2D eigenvalue weighted by Crippen LogP contribution is -2.21. The van der Waals surface area contributed by atoms with E-state index in [1.807, 2.05) is 0 Å². The molecule has 0 aliphatic rings. The predicted molar refractivity (Wildman–Crippen MR) is 98.3 cm³/mol. The second kappa shape index (κ2) is 9.05. The first kappa shape index (κ1) is 21.7. The number of nitrogens with one attached hydrogen (secondary N) is 1. The van der Waals surface area contributed by atoms with E-state index in [4.69, 9.17) is 9.84 Å². The molecule has 0 aromatic heterocycles. The molecule has 0 aliphatic heterocycles. The molecule has 1 amide bonds. The van der Waals surface area contributed by atoms with Crippen molar-refractivity contribution in [3.63, 3.8) is 0 Å². The number of Topliss-reactive ketones (excluding diaryl/α,β-unsaturated/α-hetero) is 1. The SMILES string of the molecule is CC(=O)/C(=C\c1ccc(OCC(=O)O)cc1)C(=O)Nc1ccccc1C(F)(F)F. The highest BCUT2D eigenvalue weighted by Crippen LogP contribution is 2.34. The number of halogens is 3. The molecule has 0 spiro atoms. The summed E-state index contributed by atoms with van der Waals surface area (Å²) in [5, 5.41) is 10.7. The van der Waals surface area contributed by atoms with Crippen LogP contribution in [0.4, 0.5) is 18.9 Å². The van der Waals surface area contributed by atoms with Crippen molar-refractivity contribution in [3.05, 3.63) is 65.2 Å². The van der Waals surface area contributed by atoms with Crippen molar-refractivity contribution in [2.45, 2.75) is 13.1 Å². The Kier molecular flexibility index (Phi) is 6.76. The molecule has 0 bridgehead atoms. The highest BCUT2D eigenvalue weighted by atomic mass is 19.4. The number of carbonyl (C=O) groups excluding carboxylic acids is 2. The number of rotatable bonds is 7. The summed E-state index contributed by atoms with van der Waals surface area (Å²) in [5.41, 5.74) is -1.44. The van der Waals surface area contributed by atoms with Crippen LogP contribution in [0, 0.1) is 0 Å². The number of carboxylic acid groups (broad SMARTS) is 1. The number of anilines is 1. The molecule has 2 rings (SSSR count). The van der Waals surface area contributed by atoms with Crippen molar-refractivity contribution in [1.82, 2.24) is 0 Å². The molecule has 9 heteroatoms. The molecule has 0 fully saturated rings. The maximum atomic E-state index is 13.1. The molecule has 0 aliphatic carbocycles. The van der Waals surface area contributed by atoms with Gasteiger partial charge in [0.1, 0.15) is 5.75 Å². The van der Waals surface area contributed by atoms with Gasteiger partial charge in [-0.25, -0.2) is 4.79 Å². The molecule has 0 atom stereocenters. The summed E-state index contributed by atoms with van der Waals surface area (Å²) in [6.45, 7) is 0.584. The van der Waals surface area contributed by atoms with Gasteiger partial charge in [0, 0.05) is 0 Å². The van der Waals surface area contributed by atoms with E-state index in [-0.39, 0.29) is 11.3 Å². The second-order valence-corrected chi connectivity index (χ2v) is 5.86. The summed E-state index contributed by atoms with van der Waals surface area (Å²) >= 11 is 0. The minimum atomic E-state index is -4.67. The maximum absolute atomic E-state index is 13.1. The average Bonchev–Trinajstić information content (AvgIpc) is 2.64. The van der Waals surface area contributed by atoms with E-state index < -0.39 is 41.7 Å². The fourth-order valence-corrected chi connectivity index (χ4v) is 2.33. The Bertz CT molecular complexity index is 949. The van der Waals surface area contributed by atoms with Crippen LogP contribution in [0.5, 0.6) is 5.75 Å². The van der Waals surface area contributed by atoms with Crippen molar-refractivity contribution in [2.75, 3.05) is 11.9 Å². The quantitative estimate of drug-likeness (QED) is 0.414. The van der Waals surface area contributed by atoms with Gasteiger partial charge in [-0.3, -0.25) is 9.59 Å². The van der Waals surface area contributed by atoms with Crippen molar-refractivity contribution in [2.24, 2.45) is 0 Å². The highest BCUT2D eigenvalue weighted by Gasteiger charge is 2.33. The van der Waals surface area contributed by atoms with Gasteiger partial charge in [0.05, 0.1) is 16.8 Å². The number of hydrogen-bond acceptors (Lipinski definition) is 4. The van der Waals surface area contributed by atoms with Gasteiger partial charge in [0.25, 0.3) is 5.91 Å². The zero-order valence-electron chi connectivity index (χ0n) is 15.1. The van der Waals surface area contributed by atoms with Crippen LogP contribution < -0.4 is 10.1 Å². The van der Waals surface area contributed by atoms with E-state index in [9.17, 15) is 27.6 Å². The van der Waals surface area contributed by atoms with Gasteiger partial charge >= 0.3 is 12.1 Å². The zero-order valence-corrected chi connectivity index (χ0v) is 15.1. The molecule has 0 saturated carbocycles. The molecule has 152 valence electrons. The van der Waals surface area contributed by atoms with E-state index in [0.29, 0.717) is 5.56 Å². The topological polar surface area (TPSA) is 92.7 Å². The van der Waals surface area contributed by atoms with Gasteiger partial charge in [0.15, 0.2) is 12.4 Å². The third-order valence-electron chi connectivity index (χ3n) is 3.66. The first-order chi connectivity index (χ1) is 13.6. The Morgan fingerprint density at radius 1 is 1.07 bits per heavy atom. The Balaban J connectivity index is 2.25. The molecule has 0 heterocycles. The molecule has 2 aromatic rings. The molecule has 6 nitrogen and oxygen atoms in total. The van der Waals surface area contributed by atoms with Crippen molar-refractivity contribution >= 4 is 29.4 Å². The van der Waals surface area contributed by atoms with Crippen molar-refractivity contribution in [1.29, 1.82) is 0 Å². The summed E-state index contributed by atoms with van der Waals surface area (Å²) < 4.78 is 44.2. The van der Waals surface area contributed by atoms with Crippen molar-refractivity contribution < 1.29 is 37.4 Å². The van der Waals surface area contributed by atoms with Gasteiger partial charge in [-0.15, -0.1) is 0 Å². The van der Waals surface area contributed by atoms with Gasteiger partial charge in [-0.1, -0.05) is 24.3 Å². The lowest BCUT2D eigenvalue weighted by molar-refractivity contribution is -0.139. The largest absolute Gasteiger partial charge is 0.482 e. The number of ketones is 1. The molecule has 0 radical (unpaired) electrons. The Morgan fingerprint density at radius 3 is 2.24 bits per heavy atom. The van der Waals surface area contributed by atoms with Crippen molar-refractivity contribution in [3.8, 4) is 5.75 Å². The monoisotopic (exact) mass is 407 g/mol. The average molecular weight is 407 g/mol. The number of amides is 1. The fourth-order valence-electron chi connectivity index (χ4n) is 2.33. The smallest absolute Gasteiger partial charge is 0.418 e.